The molecule has 0 bridgehead atoms. The fourth-order valence-electron chi connectivity index (χ4n) is 1.71. The normalized spacial score (nSPS) is 15.1. The Balaban J connectivity index is 2.13. The van der Waals surface area contributed by atoms with Gasteiger partial charge < -0.3 is 20.3 Å². The van der Waals surface area contributed by atoms with E-state index in [1.165, 1.54) is 12.8 Å². The van der Waals surface area contributed by atoms with Gasteiger partial charge in [-0.2, -0.15) is 0 Å². The third-order valence-corrected chi connectivity index (χ3v) is 3.17. The van der Waals surface area contributed by atoms with E-state index >= 15 is 0 Å². The maximum Gasteiger partial charge on any atom is 0.239 e. The molecule has 1 saturated carbocycles. The van der Waals surface area contributed by atoms with Gasteiger partial charge in [0.1, 0.15) is 0 Å². The highest BCUT2D eigenvalue weighted by atomic mass is 16.5. The summed E-state index contributed by atoms with van der Waals surface area (Å²) >= 11 is 0. The molecule has 0 radical (unpaired) electrons. The number of nitrogens with one attached hydrogen (secondary N) is 2. The maximum absolute atomic E-state index is 11.5. The molecule has 0 aromatic rings. The summed E-state index contributed by atoms with van der Waals surface area (Å²) in [6, 6.07) is 0. The van der Waals surface area contributed by atoms with Crippen molar-refractivity contribution < 1.29 is 9.53 Å². The van der Waals surface area contributed by atoms with Gasteiger partial charge in [-0.3, -0.25) is 9.79 Å². The van der Waals surface area contributed by atoms with Crippen molar-refractivity contribution in [1.82, 2.24) is 15.5 Å². The largest absolute Gasteiger partial charge is 0.379 e. The molecule has 6 heteroatoms. The molecule has 1 fully saturated rings. The third-order valence-electron chi connectivity index (χ3n) is 3.17. The highest BCUT2D eigenvalue weighted by molar-refractivity contribution is 5.86. The molecule has 0 aromatic heterocycles. The molecule has 20 heavy (non-hydrogen) atoms. The lowest BCUT2D eigenvalue weighted by molar-refractivity contribution is -0.120. The Bertz CT molecular complexity index is 316. The monoisotopic (exact) mass is 284 g/mol. The van der Waals surface area contributed by atoms with Gasteiger partial charge in [-0.15, -0.1) is 0 Å². The number of carbonyl (C=O) groups is 1. The molecule has 6 nitrogen and oxygen atoms in total. The zero-order valence-electron chi connectivity index (χ0n) is 12.9. The lowest BCUT2D eigenvalue weighted by Crippen LogP contribution is -2.45. The van der Waals surface area contributed by atoms with Crippen LogP contribution in [0.4, 0.5) is 0 Å². The minimum atomic E-state index is -0.00798. The first-order chi connectivity index (χ1) is 9.67. The summed E-state index contributed by atoms with van der Waals surface area (Å²) < 4.78 is 5.60. The molecular weight excluding hydrogens is 256 g/mol. The number of rotatable bonds is 9. The van der Waals surface area contributed by atoms with Crippen LogP contribution in [0.1, 0.15) is 26.2 Å². The molecule has 1 aliphatic carbocycles. The molecule has 0 heterocycles. The average molecular weight is 284 g/mol. The van der Waals surface area contributed by atoms with Crippen LogP contribution in [0.25, 0.3) is 0 Å². The van der Waals surface area contributed by atoms with Crippen molar-refractivity contribution >= 4 is 11.9 Å². The van der Waals surface area contributed by atoms with E-state index in [0.717, 1.165) is 25.5 Å². The summed E-state index contributed by atoms with van der Waals surface area (Å²) in [5.74, 6) is 1.50. The number of carbonyl (C=O) groups excluding carboxylic acids is 1. The smallest absolute Gasteiger partial charge is 0.239 e. The van der Waals surface area contributed by atoms with Crippen molar-refractivity contribution in [3.05, 3.63) is 0 Å². The molecule has 0 aliphatic heterocycles. The van der Waals surface area contributed by atoms with Crippen LogP contribution in [0.5, 0.6) is 0 Å². The number of likely N-dealkylation sites (N-methyl/N-ethyl adjacent to an activating group) is 1. The van der Waals surface area contributed by atoms with Crippen LogP contribution in [0.15, 0.2) is 4.99 Å². The number of nitrogens with zero attached hydrogens (tertiary/aromatic N) is 2. The fraction of sp³-hybridized carbons (Fsp3) is 0.857. The Morgan fingerprint density at radius 3 is 2.75 bits per heavy atom. The van der Waals surface area contributed by atoms with E-state index in [0.29, 0.717) is 19.1 Å². The number of ether oxygens (including phenoxy) is 1. The molecule has 0 atom stereocenters. The number of guanidine groups is 1. The van der Waals surface area contributed by atoms with Gasteiger partial charge >= 0.3 is 0 Å². The zero-order valence-corrected chi connectivity index (χ0v) is 12.9. The summed E-state index contributed by atoms with van der Waals surface area (Å²) in [6.45, 7) is 5.32. The first kappa shape index (κ1) is 16.8. The molecule has 116 valence electrons. The van der Waals surface area contributed by atoms with Crippen molar-refractivity contribution in [3.8, 4) is 0 Å². The average Bonchev–Trinajstić information content (AvgIpc) is 3.26. The Hall–Kier alpha value is -1.30. The van der Waals surface area contributed by atoms with Crippen LogP contribution in [0, 0.1) is 5.92 Å². The quantitative estimate of drug-likeness (QED) is 0.366. The van der Waals surface area contributed by atoms with E-state index in [-0.39, 0.29) is 12.5 Å². The predicted molar refractivity (Wildman–Crippen MR) is 80.8 cm³/mol. The lowest BCUT2D eigenvalue weighted by atomic mass is 10.4. The van der Waals surface area contributed by atoms with Gasteiger partial charge in [0.15, 0.2) is 5.96 Å². The second-order valence-electron chi connectivity index (χ2n) is 5.19. The first-order valence-corrected chi connectivity index (χ1v) is 7.43. The van der Waals surface area contributed by atoms with Gasteiger partial charge in [0.25, 0.3) is 0 Å². The Kier molecular flexibility index (Phi) is 8.02. The van der Waals surface area contributed by atoms with E-state index in [2.05, 4.69) is 15.6 Å². The SMILES string of the molecule is CCCNC(=O)CNC(=NC)N(C)CCOCC1CC1. The van der Waals surface area contributed by atoms with Gasteiger partial charge in [0.2, 0.25) is 5.91 Å². The molecule has 1 rings (SSSR count). The highest BCUT2D eigenvalue weighted by Gasteiger charge is 2.21. The van der Waals surface area contributed by atoms with Gasteiger partial charge in [-0.05, 0) is 25.2 Å². The van der Waals surface area contributed by atoms with Crippen LogP contribution in [-0.2, 0) is 9.53 Å². The minimum Gasteiger partial charge on any atom is -0.379 e. The molecule has 1 amide bonds. The number of aliphatic imine (C=N–C) groups is 1. The summed E-state index contributed by atoms with van der Waals surface area (Å²) in [4.78, 5) is 17.6. The van der Waals surface area contributed by atoms with Crippen molar-refractivity contribution in [2.75, 3.05) is 46.9 Å². The second kappa shape index (κ2) is 9.58. The van der Waals surface area contributed by atoms with E-state index in [1.54, 1.807) is 7.05 Å². The van der Waals surface area contributed by atoms with Crippen LogP contribution in [0.2, 0.25) is 0 Å². The van der Waals surface area contributed by atoms with Crippen molar-refractivity contribution in [3.63, 3.8) is 0 Å². The number of hydrogen-bond acceptors (Lipinski definition) is 3. The van der Waals surface area contributed by atoms with Crippen molar-refractivity contribution in [2.45, 2.75) is 26.2 Å². The molecule has 0 aromatic carbocycles. The third kappa shape index (κ3) is 7.33. The Morgan fingerprint density at radius 2 is 2.15 bits per heavy atom. The number of amides is 1. The molecule has 1 aliphatic rings. The minimum absolute atomic E-state index is 0.00798. The van der Waals surface area contributed by atoms with Crippen molar-refractivity contribution in [2.24, 2.45) is 10.9 Å². The second-order valence-corrected chi connectivity index (χ2v) is 5.19. The Morgan fingerprint density at radius 1 is 1.40 bits per heavy atom. The van der Waals surface area contributed by atoms with Gasteiger partial charge in [0.05, 0.1) is 13.2 Å². The van der Waals surface area contributed by atoms with Gasteiger partial charge in [-0.25, -0.2) is 0 Å². The summed E-state index contributed by atoms with van der Waals surface area (Å²) in [5, 5.41) is 5.87. The summed E-state index contributed by atoms with van der Waals surface area (Å²) in [7, 11) is 3.66. The zero-order chi connectivity index (χ0) is 14.8. The summed E-state index contributed by atoms with van der Waals surface area (Å²) in [6.07, 6.45) is 3.57. The maximum atomic E-state index is 11.5. The van der Waals surface area contributed by atoms with E-state index in [4.69, 9.17) is 4.74 Å². The molecule has 0 unspecified atom stereocenters. The summed E-state index contributed by atoms with van der Waals surface area (Å²) in [5.41, 5.74) is 0. The van der Waals surface area contributed by atoms with E-state index in [9.17, 15) is 4.79 Å². The Labute approximate surface area is 122 Å². The van der Waals surface area contributed by atoms with E-state index in [1.807, 2.05) is 18.9 Å². The first-order valence-electron chi connectivity index (χ1n) is 7.43. The van der Waals surface area contributed by atoms with Crippen LogP contribution in [0.3, 0.4) is 0 Å². The van der Waals surface area contributed by atoms with Crippen LogP contribution >= 0.6 is 0 Å². The standard InChI is InChI=1S/C14H28N4O2/c1-4-7-16-13(19)10-17-14(15-2)18(3)8-9-20-11-12-5-6-12/h12H,4-11H2,1-3H3,(H,15,17)(H,16,19). The topological polar surface area (TPSA) is 66.0 Å². The molecular formula is C14H28N4O2. The fourth-order valence-corrected chi connectivity index (χ4v) is 1.71. The molecule has 0 saturated heterocycles. The van der Waals surface area contributed by atoms with Gasteiger partial charge in [-0.1, -0.05) is 6.92 Å². The predicted octanol–water partition coefficient (Wildman–Crippen LogP) is 0.446. The van der Waals surface area contributed by atoms with E-state index < -0.39 is 0 Å². The van der Waals surface area contributed by atoms with Gasteiger partial charge in [0, 0.05) is 33.8 Å². The highest BCUT2D eigenvalue weighted by Crippen LogP contribution is 2.28. The van der Waals surface area contributed by atoms with Crippen LogP contribution in [-0.4, -0.2) is 63.7 Å². The number of hydrogen-bond donors (Lipinski definition) is 2. The molecule has 2 N–H and O–H groups in total. The lowest BCUT2D eigenvalue weighted by Gasteiger charge is -2.21. The van der Waals surface area contributed by atoms with Crippen LogP contribution < -0.4 is 10.6 Å². The van der Waals surface area contributed by atoms with Crippen molar-refractivity contribution in [1.29, 1.82) is 0 Å². The molecule has 0 spiro atoms.